The second-order valence-electron chi connectivity index (χ2n) is 4.01. The number of thiazole rings is 1. The summed E-state index contributed by atoms with van der Waals surface area (Å²) in [6, 6.07) is 0.220. The van der Waals surface area contributed by atoms with Crippen LogP contribution in [0, 0.1) is 5.92 Å². The van der Waals surface area contributed by atoms with Gasteiger partial charge in [-0.3, -0.25) is 0 Å². The minimum Gasteiger partial charge on any atom is -0.328 e. The fourth-order valence-corrected chi connectivity index (χ4v) is 2.18. The monoisotopic (exact) mass is 198 g/mol. The van der Waals surface area contributed by atoms with Crippen molar-refractivity contribution in [3.05, 3.63) is 16.1 Å². The molecule has 0 aromatic carbocycles. The molecule has 0 bridgehead atoms. The normalized spacial score (nSPS) is 13.6. The van der Waals surface area contributed by atoms with Crippen LogP contribution in [-0.4, -0.2) is 11.0 Å². The predicted molar refractivity (Wildman–Crippen MR) is 58.0 cm³/mol. The van der Waals surface area contributed by atoms with E-state index in [4.69, 9.17) is 5.73 Å². The smallest absolute Gasteiger partial charge is 0.0943 e. The highest BCUT2D eigenvalue weighted by Crippen LogP contribution is 2.14. The highest BCUT2D eigenvalue weighted by Gasteiger charge is 2.05. The van der Waals surface area contributed by atoms with E-state index in [1.54, 1.807) is 11.3 Å². The minimum atomic E-state index is 0.220. The molecule has 1 aromatic heterocycles. The van der Waals surface area contributed by atoms with Crippen LogP contribution in [0.3, 0.4) is 0 Å². The second kappa shape index (κ2) is 4.72. The van der Waals surface area contributed by atoms with Crippen LogP contribution in [0.25, 0.3) is 0 Å². The van der Waals surface area contributed by atoms with E-state index in [9.17, 15) is 0 Å². The molecule has 3 heteroatoms. The van der Waals surface area contributed by atoms with Crippen LogP contribution in [-0.2, 0) is 12.8 Å². The highest BCUT2D eigenvalue weighted by atomic mass is 32.1. The van der Waals surface area contributed by atoms with Gasteiger partial charge in [-0.2, -0.15) is 0 Å². The lowest BCUT2D eigenvalue weighted by Gasteiger charge is -2.01. The van der Waals surface area contributed by atoms with Crippen LogP contribution < -0.4 is 5.73 Å². The van der Waals surface area contributed by atoms with Gasteiger partial charge in [0.2, 0.25) is 0 Å². The molecule has 1 unspecified atom stereocenters. The molecule has 0 amide bonds. The van der Waals surface area contributed by atoms with Crippen molar-refractivity contribution < 1.29 is 0 Å². The van der Waals surface area contributed by atoms with Gasteiger partial charge in [-0.05, 0) is 19.3 Å². The maximum atomic E-state index is 5.70. The Morgan fingerprint density at radius 3 is 2.62 bits per heavy atom. The molecule has 0 saturated carbocycles. The molecule has 2 nitrogen and oxygen atoms in total. The first-order chi connectivity index (χ1) is 6.08. The van der Waals surface area contributed by atoms with Crippen LogP contribution >= 0.6 is 11.3 Å². The van der Waals surface area contributed by atoms with Crippen molar-refractivity contribution in [2.24, 2.45) is 11.7 Å². The number of aromatic nitrogens is 1. The Balaban J connectivity index is 2.53. The van der Waals surface area contributed by atoms with Crippen molar-refractivity contribution in [2.75, 3.05) is 0 Å². The Labute approximate surface area is 84.2 Å². The first-order valence-electron chi connectivity index (χ1n) is 4.76. The molecule has 0 radical (unpaired) electrons. The van der Waals surface area contributed by atoms with Crippen LogP contribution in [0.1, 0.15) is 31.5 Å². The fourth-order valence-electron chi connectivity index (χ4n) is 1.23. The van der Waals surface area contributed by atoms with Gasteiger partial charge in [0.05, 0.1) is 10.7 Å². The first-order valence-corrected chi connectivity index (χ1v) is 5.64. The van der Waals surface area contributed by atoms with Crippen molar-refractivity contribution in [1.29, 1.82) is 0 Å². The third-order valence-electron chi connectivity index (χ3n) is 1.71. The van der Waals surface area contributed by atoms with E-state index in [1.165, 1.54) is 10.7 Å². The predicted octanol–water partition coefficient (Wildman–Crippen LogP) is 2.23. The highest BCUT2D eigenvalue weighted by molar-refractivity contribution is 7.09. The summed E-state index contributed by atoms with van der Waals surface area (Å²) in [6.45, 7) is 6.44. The standard InChI is InChI=1S/C10H18N2S/c1-7(2)4-9-6-13-10(12-9)5-8(3)11/h6-8H,4-5,11H2,1-3H3. The molecule has 74 valence electrons. The molecule has 0 aliphatic rings. The zero-order valence-electron chi connectivity index (χ0n) is 8.58. The van der Waals surface area contributed by atoms with Crippen molar-refractivity contribution in [1.82, 2.24) is 4.98 Å². The third kappa shape index (κ3) is 3.87. The van der Waals surface area contributed by atoms with E-state index in [-0.39, 0.29) is 6.04 Å². The van der Waals surface area contributed by atoms with E-state index in [0.717, 1.165) is 12.8 Å². The molecular weight excluding hydrogens is 180 g/mol. The first kappa shape index (κ1) is 10.7. The van der Waals surface area contributed by atoms with Gasteiger partial charge < -0.3 is 5.73 Å². The van der Waals surface area contributed by atoms with E-state index in [0.29, 0.717) is 5.92 Å². The van der Waals surface area contributed by atoms with E-state index < -0.39 is 0 Å². The maximum absolute atomic E-state index is 5.70. The molecule has 0 aliphatic carbocycles. The van der Waals surface area contributed by atoms with E-state index in [2.05, 4.69) is 24.2 Å². The molecule has 0 saturated heterocycles. The maximum Gasteiger partial charge on any atom is 0.0943 e. The zero-order valence-corrected chi connectivity index (χ0v) is 9.40. The SMILES string of the molecule is CC(C)Cc1csc(CC(C)N)n1. The number of rotatable bonds is 4. The Hall–Kier alpha value is -0.410. The molecule has 0 spiro atoms. The Kier molecular flexibility index (Phi) is 3.88. The van der Waals surface area contributed by atoms with Crippen molar-refractivity contribution in [2.45, 2.75) is 39.7 Å². The van der Waals surface area contributed by atoms with Crippen LogP contribution in [0.2, 0.25) is 0 Å². The average molecular weight is 198 g/mol. The number of hydrogen-bond donors (Lipinski definition) is 1. The second-order valence-corrected chi connectivity index (χ2v) is 4.95. The summed E-state index contributed by atoms with van der Waals surface area (Å²) >= 11 is 1.73. The summed E-state index contributed by atoms with van der Waals surface area (Å²) in [5, 5.41) is 3.32. The van der Waals surface area contributed by atoms with Crippen LogP contribution in [0.15, 0.2) is 5.38 Å². The van der Waals surface area contributed by atoms with Gasteiger partial charge in [0.25, 0.3) is 0 Å². The number of nitrogens with two attached hydrogens (primary N) is 1. The van der Waals surface area contributed by atoms with Crippen LogP contribution in [0.5, 0.6) is 0 Å². The van der Waals surface area contributed by atoms with Gasteiger partial charge in [0, 0.05) is 17.8 Å². The van der Waals surface area contributed by atoms with Gasteiger partial charge in [0.15, 0.2) is 0 Å². The quantitative estimate of drug-likeness (QED) is 0.805. The lowest BCUT2D eigenvalue weighted by atomic mass is 10.1. The van der Waals surface area contributed by atoms with E-state index in [1.807, 2.05) is 6.92 Å². The molecular formula is C10H18N2S. The molecule has 0 fully saturated rings. The summed E-state index contributed by atoms with van der Waals surface area (Å²) in [4.78, 5) is 4.53. The molecule has 1 aromatic rings. The molecule has 0 aliphatic heterocycles. The van der Waals surface area contributed by atoms with Gasteiger partial charge in [-0.25, -0.2) is 4.98 Å². The van der Waals surface area contributed by atoms with Gasteiger partial charge in [-0.15, -0.1) is 11.3 Å². The fraction of sp³-hybridized carbons (Fsp3) is 0.700. The topological polar surface area (TPSA) is 38.9 Å². The summed E-state index contributed by atoms with van der Waals surface area (Å²) in [5.41, 5.74) is 6.92. The molecule has 13 heavy (non-hydrogen) atoms. The van der Waals surface area contributed by atoms with E-state index >= 15 is 0 Å². The van der Waals surface area contributed by atoms with Crippen molar-refractivity contribution in [3.8, 4) is 0 Å². The van der Waals surface area contributed by atoms with Crippen molar-refractivity contribution >= 4 is 11.3 Å². The Morgan fingerprint density at radius 1 is 1.38 bits per heavy atom. The average Bonchev–Trinajstić information content (AvgIpc) is 2.33. The molecule has 1 heterocycles. The summed E-state index contributed by atoms with van der Waals surface area (Å²) < 4.78 is 0. The Morgan fingerprint density at radius 2 is 2.08 bits per heavy atom. The molecule has 2 N–H and O–H groups in total. The zero-order chi connectivity index (χ0) is 9.84. The molecule has 1 rings (SSSR count). The Bertz CT molecular complexity index is 229. The minimum absolute atomic E-state index is 0.220. The van der Waals surface area contributed by atoms with Crippen molar-refractivity contribution in [3.63, 3.8) is 0 Å². The van der Waals surface area contributed by atoms with Gasteiger partial charge in [0.1, 0.15) is 0 Å². The lowest BCUT2D eigenvalue weighted by Crippen LogP contribution is -2.17. The lowest BCUT2D eigenvalue weighted by molar-refractivity contribution is 0.634. The number of nitrogens with zero attached hydrogens (tertiary/aromatic N) is 1. The third-order valence-corrected chi connectivity index (χ3v) is 2.63. The molecule has 1 atom stereocenters. The summed E-state index contributed by atoms with van der Waals surface area (Å²) in [5.74, 6) is 0.685. The van der Waals surface area contributed by atoms with Crippen LogP contribution in [0.4, 0.5) is 0 Å². The number of hydrogen-bond acceptors (Lipinski definition) is 3. The van der Waals surface area contributed by atoms with Gasteiger partial charge in [-0.1, -0.05) is 13.8 Å². The largest absolute Gasteiger partial charge is 0.328 e. The summed E-state index contributed by atoms with van der Waals surface area (Å²) in [7, 11) is 0. The van der Waals surface area contributed by atoms with Gasteiger partial charge >= 0.3 is 0 Å². The summed E-state index contributed by atoms with van der Waals surface area (Å²) in [6.07, 6.45) is 1.98.